The molecule has 5 nitrogen and oxygen atoms in total. The van der Waals surface area contributed by atoms with E-state index in [4.69, 9.17) is 10.5 Å². The van der Waals surface area contributed by atoms with Crippen molar-refractivity contribution < 1.29 is 17.9 Å². The number of hydrogen-bond acceptors (Lipinski definition) is 5. The van der Waals surface area contributed by atoms with Gasteiger partial charge in [-0.25, -0.2) is 8.42 Å². The van der Waals surface area contributed by atoms with Crippen molar-refractivity contribution in [3.63, 3.8) is 0 Å². The SMILES string of the molecule is CC(C)C[C@H](CN)CC(=O)OCC1CCS(=O)(=O)C1. The molecule has 1 heterocycles. The molecule has 0 spiro atoms. The molecule has 1 aliphatic heterocycles. The maximum atomic E-state index is 11.7. The highest BCUT2D eigenvalue weighted by atomic mass is 32.2. The van der Waals surface area contributed by atoms with Crippen LogP contribution in [0.3, 0.4) is 0 Å². The van der Waals surface area contributed by atoms with Crippen molar-refractivity contribution >= 4 is 15.8 Å². The molecular weight excluding hydrogens is 266 g/mol. The fourth-order valence-electron chi connectivity index (χ4n) is 2.44. The van der Waals surface area contributed by atoms with Gasteiger partial charge in [0.25, 0.3) is 0 Å². The van der Waals surface area contributed by atoms with Crippen LogP contribution in [-0.4, -0.2) is 39.0 Å². The monoisotopic (exact) mass is 291 g/mol. The first kappa shape index (κ1) is 16.4. The van der Waals surface area contributed by atoms with Crippen molar-refractivity contribution in [2.24, 2.45) is 23.5 Å². The van der Waals surface area contributed by atoms with Crippen LogP contribution in [0.2, 0.25) is 0 Å². The molecule has 2 atom stereocenters. The third kappa shape index (κ3) is 6.38. The van der Waals surface area contributed by atoms with Crippen LogP contribution in [0.4, 0.5) is 0 Å². The van der Waals surface area contributed by atoms with E-state index < -0.39 is 9.84 Å². The minimum atomic E-state index is -2.90. The number of hydrogen-bond donors (Lipinski definition) is 1. The molecule has 19 heavy (non-hydrogen) atoms. The van der Waals surface area contributed by atoms with Crippen LogP contribution in [0.15, 0.2) is 0 Å². The predicted octanol–water partition coefficient (Wildman–Crippen LogP) is 0.975. The second-order valence-corrected chi connectivity index (χ2v) is 8.12. The highest BCUT2D eigenvalue weighted by Gasteiger charge is 2.29. The minimum absolute atomic E-state index is 0.0321. The average Bonchev–Trinajstić information content (AvgIpc) is 2.65. The van der Waals surface area contributed by atoms with Crippen LogP contribution >= 0.6 is 0 Å². The minimum Gasteiger partial charge on any atom is -0.465 e. The standard InChI is InChI=1S/C13H25NO4S/c1-10(2)5-12(7-14)6-13(15)18-8-11-3-4-19(16,17)9-11/h10-12H,3-9,14H2,1-2H3/t11?,12-/m0/s1. The van der Waals surface area contributed by atoms with E-state index in [0.29, 0.717) is 25.3 Å². The Hall–Kier alpha value is -0.620. The first-order valence-electron chi connectivity index (χ1n) is 6.88. The van der Waals surface area contributed by atoms with Crippen molar-refractivity contribution in [1.29, 1.82) is 0 Å². The molecule has 1 rings (SSSR count). The predicted molar refractivity (Wildman–Crippen MR) is 74.3 cm³/mol. The van der Waals surface area contributed by atoms with Crippen LogP contribution in [0.5, 0.6) is 0 Å². The Morgan fingerprint density at radius 3 is 2.58 bits per heavy atom. The van der Waals surface area contributed by atoms with Gasteiger partial charge in [-0.3, -0.25) is 4.79 Å². The third-order valence-electron chi connectivity index (χ3n) is 3.40. The Kier molecular flexibility index (Phi) is 6.26. The molecule has 0 bridgehead atoms. The highest BCUT2D eigenvalue weighted by Crippen LogP contribution is 2.19. The molecule has 0 aliphatic carbocycles. The van der Waals surface area contributed by atoms with Gasteiger partial charge in [-0.05, 0) is 31.2 Å². The summed E-state index contributed by atoms with van der Waals surface area (Å²) in [6.45, 7) is 4.89. The average molecular weight is 291 g/mol. The van der Waals surface area contributed by atoms with Gasteiger partial charge in [0, 0.05) is 12.3 Å². The van der Waals surface area contributed by atoms with Gasteiger partial charge in [0.15, 0.2) is 9.84 Å². The summed E-state index contributed by atoms with van der Waals surface area (Å²) in [6, 6.07) is 0. The topological polar surface area (TPSA) is 86.5 Å². The van der Waals surface area contributed by atoms with Gasteiger partial charge in [0.2, 0.25) is 0 Å². The van der Waals surface area contributed by atoms with Gasteiger partial charge in [-0.2, -0.15) is 0 Å². The maximum absolute atomic E-state index is 11.7. The smallest absolute Gasteiger partial charge is 0.306 e. The van der Waals surface area contributed by atoms with E-state index in [1.54, 1.807) is 0 Å². The number of ether oxygens (including phenoxy) is 1. The van der Waals surface area contributed by atoms with Crippen molar-refractivity contribution in [2.45, 2.75) is 33.1 Å². The third-order valence-corrected chi connectivity index (χ3v) is 5.24. The molecule has 0 aromatic heterocycles. The Morgan fingerprint density at radius 2 is 2.11 bits per heavy atom. The fourth-order valence-corrected chi connectivity index (χ4v) is 4.28. The summed E-state index contributed by atoms with van der Waals surface area (Å²) in [7, 11) is -2.90. The maximum Gasteiger partial charge on any atom is 0.306 e. The zero-order chi connectivity index (χ0) is 14.5. The Bertz CT molecular complexity index is 391. The summed E-state index contributed by atoms with van der Waals surface area (Å²) in [6.07, 6.45) is 1.83. The van der Waals surface area contributed by atoms with Crippen molar-refractivity contribution in [2.75, 3.05) is 24.7 Å². The molecule has 0 aromatic carbocycles. The summed E-state index contributed by atoms with van der Waals surface area (Å²) in [5, 5.41) is 0. The molecule has 6 heteroatoms. The second-order valence-electron chi connectivity index (χ2n) is 5.89. The first-order chi connectivity index (χ1) is 8.82. The van der Waals surface area contributed by atoms with Gasteiger partial charge < -0.3 is 10.5 Å². The van der Waals surface area contributed by atoms with Crippen LogP contribution < -0.4 is 5.73 Å². The number of carbonyl (C=O) groups is 1. The van der Waals surface area contributed by atoms with Crippen LogP contribution in [0.1, 0.15) is 33.1 Å². The van der Waals surface area contributed by atoms with E-state index in [2.05, 4.69) is 13.8 Å². The molecule has 1 unspecified atom stereocenters. The van der Waals surface area contributed by atoms with Gasteiger partial charge in [-0.1, -0.05) is 13.8 Å². The lowest BCUT2D eigenvalue weighted by molar-refractivity contribution is -0.146. The normalized spacial score (nSPS) is 23.5. The largest absolute Gasteiger partial charge is 0.465 e. The van der Waals surface area contributed by atoms with Crippen LogP contribution in [-0.2, 0) is 19.4 Å². The summed E-state index contributed by atoms with van der Waals surface area (Å²) >= 11 is 0. The summed E-state index contributed by atoms with van der Waals surface area (Å²) in [4.78, 5) is 11.7. The molecule has 0 radical (unpaired) electrons. The summed E-state index contributed by atoms with van der Waals surface area (Å²) in [5.74, 6) is 0.720. The van der Waals surface area contributed by atoms with Gasteiger partial charge in [0.1, 0.15) is 0 Å². The zero-order valence-electron chi connectivity index (χ0n) is 11.8. The van der Waals surface area contributed by atoms with Crippen LogP contribution in [0.25, 0.3) is 0 Å². The van der Waals surface area contributed by atoms with E-state index >= 15 is 0 Å². The van der Waals surface area contributed by atoms with E-state index in [9.17, 15) is 13.2 Å². The Balaban J connectivity index is 2.27. The Labute approximate surface area is 115 Å². The van der Waals surface area contributed by atoms with Crippen molar-refractivity contribution in [1.82, 2.24) is 0 Å². The lowest BCUT2D eigenvalue weighted by atomic mass is 9.94. The van der Waals surface area contributed by atoms with Gasteiger partial charge in [-0.15, -0.1) is 0 Å². The molecule has 1 aliphatic rings. The quantitative estimate of drug-likeness (QED) is 0.706. The second kappa shape index (κ2) is 7.24. The van der Waals surface area contributed by atoms with E-state index in [1.165, 1.54) is 0 Å². The van der Waals surface area contributed by atoms with Crippen LogP contribution in [0, 0.1) is 17.8 Å². The zero-order valence-corrected chi connectivity index (χ0v) is 12.6. The number of carbonyl (C=O) groups excluding carboxylic acids is 1. The molecule has 2 N–H and O–H groups in total. The number of rotatable bonds is 7. The molecule has 0 aromatic rings. The number of sulfone groups is 1. The lowest BCUT2D eigenvalue weighted by Crippen LogP contribution is -2.23. The van der Waals surface area contributed by atoms with Gasteiger partial charge >= 0.3 is 5.97 Å². The Morgan fingerprint density at radius 1 is 1.42 bits per heavy atom. The fraction of sp³-hybridized carbons (Fsp3) is 0.923. The van der Waals surface area contributed by atoms with Crippen molar-refractivity contribution in [3.05, 3.63) is 0 Å². The molecular formula is C13H25NO4S. The van der Waals surface area contributed by atoms with E-state index in [-0.39, 0.29) is 35.9 Å². The number of nitrogens with two attached hydrogens (primary N) is 1. The molecule has 0 saturated carbocycles. The lowest BCUT2D eigenvalue weighted by Gasteiger charge is -2.16. The van der Waals surface area contributed by atoms with E-state index in [1.807, 2.05) is 0 Å². The highest BCUT2D eigenvalue weighted by molar-refractivity contribution is 7.91. The summed E-state index contributed by atoms with van der Waals surface area (Å²) in [5.41, 5.74) is 5.64. The molecule has 1 saturated heterocycles. The van der Waals surface area contributed by atoms with Gasteiger partial charge in [0.05, 0.1) is 18.1 Å². The molecule has 1 fully saturated rings. The van der Waals surface area contributed by atoms with E-state index in [0.717, 1.165) is 6.42 Å². The summed E-state index contributed by atoms with van der Waals surface area (Å²) < 4.78 is 27.7. The number of esters is 1. The first-order valence-corrected chi connectivity index (χ1v) is 8.70. The molecule has 0 amide bonds. The molecule has 112 valence electrons. The van der Waals surface area contributed by atoms with Crippen molar-refractivity contribution in [3.8, 4) is 0 Å².